The van der Waals surface area contributed by atoms with Gasteiger partial charge in [-0.2, -0.15) is 0 Å². The third-order valence-electron chi connectivity index (χ3n) is 5.10. The first-order valence-corrected chi connectivity index (χ1v) is 9.16. The summed E-state index contributed by atoms with van der Waals surface area (Å²) in [6, 6.07) is 1.39. The summed E-state index contributed by atoms with van der Waals surface area (Å²) in [5.41, 5.74) is 0.285. The summed E-state index contributed by atoms with van der Waals surface area (Å²) in [7, 11) is 0. The van der Waals surface area contributed by atoms with E-state index in [-0.39, 0.29) is 35.9 Å². The summed E-state index contributed by atoms with van der Waals surface area (Å²) in [5.74, 6) is -0.0825. The molecule has 0 aliphatic heterocycles. The summed E-state index contributed by atoms with van der Waals surface area (Å²) in [4.78, 5) is 41.3. The van der Waals surface area contributed by atoms with E-state index in [1.54, 1.807) is 11.6 Å². The number of esters is 1. The van der Waals surface area contributed by atoms with Gasteiger partial charge < -0.3 is 4.74 Å². The Bertz CT molecular complexity index is 840. The first-order chi connectivity index (χ1) is 11.6. The Morgan fingerprint density at radius 3 is 2.79 bits per heavy atom. The molecule has 7 heteroatoms. The Balaban J connectivity index is 1.42. The van der Waals surface area contributed by atoms with E-state index in [1.165, 1.54) is 21.8 Å². The molecule has 2 fully saturated rings. The van der Waals surface area contributed by atoms with Crippen molar-refractivity contribution < 1.29 is 14.3 Å². The van der Waals surface area contributed by atoms with Gasteiger partial charge in [-0.15, -0.1) is 11.3 Å². The normalized spacial score (nSPS) is 26.5. The van der Waals surface area contributed by atoms with Crippen LogP contribution in [0.25, 0.3) is 4.96 Å². The van der Waals surface area contributed by atoms with Crippen LogP contribution in [0.3, 0.4) is 0 Å². The lowest BCUT2D eigenvalue weighted by Crippen LogP contribution is -2.39. The lowest BCUT2D eigenvalue weighted by Gasteiger charge is -2.36. The molecule has 2 bridgehead atoms. The molecule has 4 rings (SSSR count). The highest BCUT2D eigenvalue weighted by Crippen LogP contribution is 2.40. The molecule has 2 aliphatic rings. The smallest absolute Gasteiger partial charge is 0.309 e. The van der Waals surface area contributed by atoms with Crippen molar-refractivity contribution in [2.75, 3.05) is 0 Å². The number of ether oxygens (including phenoxy) is 1. The van der Waals surface area contributed by atoms with E-state index < -0.39 is 0 Å². The molecule has 0 unspecified atom stereocenters. The maximum Gasteiger partial charge on any atom is 0.309 e. The van der Waals surface area contributed by atoms with Gasteiger partial charge in [0.05, 0.1) is 11.6 Å². The number of aromatic nitrogens is 2. The molecule has 0 saturated heterocycles. The Labute approximate surface area is 142 Å². The SMILES string of the molecule is O=C(OCc1cc(=O)n2ccsc2n1)C1C[C@@H]2CCC[C@@H](C1)C2=O. The Kier molecular flexibility index (Phi) is 3.96. The molecular weight excluding hydrogens is 328 g/mol. The predicted molar refractivity (Wildman–Crippen MR) is 87.7 cm³/mol. The fourth-order valence-electron chi connectivity index (χ4n) is 3.90. The fraction of sp³-hybridized carbons (Fsp3) is 0.529. The lowest BCUT2D eigenvalue weighted by atomic mass is 9.67. The number of thiazole rings is 1. The van der Waals surface area contributed by atoms with Gasteiger partial charge in [0.2, 0.25) is 0 Å². The van der Waals surface area contributed by atoms with Gasteiger partial charge in [-0.3, -0.25) is 18.8 Å². The van der Waals surface area contributed by atoms with Crippen LogP contribution in [0.4, 0.5) is 0 Å². The van der Waals surface area contributed by atoms with Crippen LogP contribution >= 0.6 is 11.3 Å². The maximum atomic E-state index is 12.4. The molecule has 0 N–H and O–H groups in total. The van der Waals surface area contributed by atoms with E-state index in [1.807, 2.05) is 0 Å². The molecule has 2 atom stereocenters. The van der Waals surface area contributed by atoms with E-state index in [0.29, 0.717) is 29.3 Å². The minimum Gasteiger partial charge on any atom is -0.459 e. The monoisotopic (exact) mass is 346 g/mol. The van der Waals surface area contributed by atoms with Crippen molar-refractivity contribution in [3.63, 3.8) is 0 Å². The first kappa shape index (κ1) is 15.5. The van der Waals surface area contributed by atoms with Gasteiger partial charge in [0, 0.05) is 29.5 Å². The number of hydrogen-bond acceptors (Lipinski definition) is 6. The van der Waals surface area contributed by atoms with Crippen molar-refractivity contribution in [2.45, 2.75) is 38.7 Å². The maximum absolute atomic E-state index is 12.4. The van der Waals surface area contributed by atoms with Gasteiger partial charge in [-0.1, -0.05) is 6.42 Å². The van der Waals surface area contributed by atoms with Crippen LogP contribution in [0.5, 0.6) is 0 Å². The van der Waals surface area contributed by atoms with Gasteiger partial charge >= 0.3 is 5.97 Å². The molecule has 2 aliphatic carbocycles. The van der Waals surface area contributed by atoms with Crippen LogP contribution in [0.1, 0.15) is 37.8 Å². The van der Waals surface area contributed by atoms with Crippen LogP contribution in [-0.2, 0) is 20.9 Å². The van der Waals surface area contributed by atoms with Crippen molar-refractivity contribution in [3.05, 3.63) is 33.7 Å². The molecule has 2 aromatic heterocycles. The van der Waals surface area contributed by atoms with Gasteiger partial charge in [0.1, 0.15) is 12.4 Å². The Morgan fingerprint density at radius 1 is 1.29 bits per heavy atom. The highest BCUT2D eigenvalue weighted by Gasteiger charge is 2.41. The Morgan fingerprint density at radius 2 is 2.04 bits per heavy atom. The van der Waals surface area contributed by atoms with Crippen LogP contribution in [0, 0.1) is 17.8 Å². The van der Waals surface area contributed by atoms with Crippen molar-refractivity contribution >= 4 is 28.1 Å². The number of carbonyl (C=O) groups excluding carboxylic acids is 2. The second-order valence-corrected chi connectivity index (χ2v) is 7.52. The highest BCUT2D eigenvalue weighted by atomic mass is 32.1. The summed E-state index contributed by atoms with van der Waals surface area (Å²) in [5, 5.41) is 1.79. The van der Waals surface area contributed by atoms with Crippen molar-refractivity contribution in [2.24, 2.45) is 17.8 Å². The zero-order valence-corrected chi connectivity index (χ0v) is 14.0. The number of nitrogens with zero attached hydrogens (tertiary/aromatic N) is 2. The Hall–Kier alpha value is -2.02. The largest absolute Gasteiger partial charge is 0.459 e. The molecule has 2 heterocycles. The number of ketones is 1. The summed E-state index contributed by atoms with van der Waals surface area (Å²) in [6.45, 7) is 0.00224. The molecular formula is C17H18N2O4S. The van der Waals surface area contributed by atoms with E-state index in [9.17, 15) is 14.4 Å². The summed E-state index contributed by atoms with van der Waals surface area (Å²) in [6.07, 6.45) is 5.75. The van der Waals surface area contributed by atoms with Gasteiger partial charge in [0.15, 0.2) is 4.96 Å². The topological polar surface area (TPSA) is 77.7 Å². The average Bonchev–Trinajstić information content (AvgIpc) is 3.01. The molecule has 0 radical (unpaired) electrons. The van der Waals surface area contributed by atoms with Crippen molar-refractivity contribution in [1.29, 1.82) is 0 Å². The number of Topliss-reactive ketones (excluding diaryl/α,β-unsaturated/α-hetero) is 1. The predicted octanol–water partition coefficient (Wildman–Crippen LogP) is 2.19. The number of fused-ring (bicyclic) bond motifs is 3. The minimum atomic E-state index is -0.271. The number of hydrogen-bond donors (Lipinski definition) is 0. The van der Waals surface area contributed by atoms with Gasteiger partial charge in [-0.25, -0.2) is 4.98 Å². The number of carbonyl (C=O) groups is 2. The second-order valence-electron chi connectivity index (χ2n) is 6.64. The van der Waals surface area contributed by atoms with E-state index in [2.05, 4.69) is 4.98 Å². The molecule has 2 aromatic rings. The molecule has 6 nitrogen and oxygen atoms in total. The van der Waals surface area contributed by atoms with Gasteiger partial charge in [0.25, 0.3) is 5.56 Å². The third kappa shape index (κ3) is 2.77. The molecule has 0 aromatic carbocycles. The minimum absolute atomic E-state index is 0.00224. The summed E-state index contributed by atoms with van der Waals surface area (Å²) < 4.78 is 6.85. The molecule has 0 amide bonds. The second kappa shape index (κ2) is 6.12. The van der Waals surface area contributed by atoms with E-state index in [0.717, 1.165) is 19.3 Å². The average molecular weight is 346 g/mol. The first-order valence-electron chi connectivity index (χ1n) is 8.28. The van der Waals surface area contributed by atoms with E-state index >= 15 is 0 Å². The van der Waals surface area contributed by atoms with E-state index in [4.69, 9.17) is 4.74 Å². The van der Waals surface area contributed by atoms with Crippen LogP contribution in [-0.4, -0.2) is 21.1 Å². The fourth-order valence-corrected chi connectivity index (χ4v) is 4.64. The molecule has 24 heavy (non-hydrogen) atoms. The summed E-state index contributed by atoms with van der Waals surface area (Å²) >= 11 is 1.36. The molecule has 2 saturated carbocycles. The number of rotatable bonds is 3. The van der Waals surface area contributed by atoms with Crippen molar-refractivity contribution in [3.8, 4) is 0 Å². The van der Waals surface area contributed by atoms with Crippen LogP contribution < -0.4 is 5.56 Å². The van der Waals surface area contributed by atoms with Crippen molar-refractivity contribution in [1.82, 2.24) is 9.38 Å². The van der Waals surface area contributed by atoms with Crippen LogP contribution in [0.2, 0.25) is 0 Å². The lowest BCUT2D eigenvalue weighted by molar-refractivity contribution is -0.154. The van der Waals surface area contributed by atoms with Crippen LogP contribution in [0.15, 0.2) is 22.4 Å². The van der Waals surface area contributed by atoms with Gasteiger partial charge in [-0.05, 0) is 25.7 Å². The zero-order valence-electron chi connectivity index (χ0n) is 13.1. The third-order valence-corrected chi connectivity index (χ3v) is 5.86. The highest BCUT2D eigenvalue weighted by molar-refractivity contribution is 7.15. The standard InChI is InChI=1S/C17H18N2O4S/c20-14-8-13(18-17-19(14)4-5-24-17)9-23-16(22)12-6-10-2-1-3-11(7-12)15(10)21/h4-5,8,10-12H,1-3,6-7,9H2/t10-,11-/m0/s1. The quantitative estimate of drug-likeness (QED) is 0.796. The zero-order chi connectivity index (χ0) is 16.7. The molecule has 0 spiro atoms. The molecule has 126 valence electrons.